The monoisotopic (exact) mass is 355 g/mol. The topological polar surface area (TPSA) is 62.8 Å². The first-order valence-corrected chi connectivity index (χ1v) is 8.84. The average molecular weight is 355 g/mol. The molecular formula is C20H25N3O3. The summed E-state index contributed by atoms with van der Waals surface area (Å²) in [5.74, 6) is 0.592. The normalized spacial score (nSPS) is 14.7. The largest absolute Gasteiger partial charge is 0.497 e. The van der Waals surface area contributed by atoms with Gasteiger partial charge in [0.1, 0.15) is 5.75 Å². The van der Waals surface area contributed by atoms with Crippen LogP contribution >= 0.6 is 0 Å². The lowest BCUT2D eigenvalue weighted by Gasteiger charge is -2.26. The molecule has 138 valence electrons. The molecule has 0 aromatic heterocycles. The Morgan fingerprint density at radius 2 is 1.69 bits per heavy atom. The van der Waals surface area contributed by atoms with Crippen molar-refractivity contribution in [1.82, 2.24) is 4.90 Å². The van der Waals surface area contributed by atoms with Crippen molar-refractivity contribution in [2.45, 2.75) is 0 Å². The Morgan fingerprint density at radius 1 is 1.04 bits per heavy atom. The second-order valence-corrected chi connectivity index (χ2v) is 6.14. The number of hydrogen-bond acceptors (Lipinski definition) is 5. The van der Waals surface area contributed by atoms with E-state index in [1.165, 1.54) is 0 Å². The van der Waals surface area contributed by atoms with E-state index in [0.29, 0.717) is 5.56 Å². The number of carbonyl (C=O) groups is 1. The predicted molar refractivity (Wildman–Crippen MR) is 103 cm³/mol. The molecule has 6 nitrogen and oxygen atoms in total. The third kappa shape index (κ3) is 5.21. The molecule has 2 aromatic rings. The van der Waals surface area contributed by atoms with E-state index in [9.17, 15) is 4.79 Å². The van der Waals surface area contributed by atoms with Crippen LogP contribution in [0, 0.1) is 0 Å². The highest BCUT2D eigenvalue weighted by Gasteiger charge is 2.09. The van der Waals surface area contributed by atoms with Crippen LogP contribution in [0.5, 0.6) is 5.75 Å². The van der Waals surface area contributed by atoms with Crippen LogP contribution < -0.4 is 15.4 Å². The average Bonchev–Trinajstić information content (AvgIpc) is 2.70. The molecule has 6 heteroatoms. The molecule has 1 aliphatic rings. The van der Waals surface area contributed by atoms with Gasteiger partial charge in [-0.3, -0.25) is 9.69 Å². The van der Waals surface area contributed by atoms with Gasteiger partial charge >= 0.3 is 0 Å². The number of benzene rings is 2. The van der Waals surface area contributed by atoms with Gasteiger partial charge in [0, 0.05) is 43.1 Å². The van der Waals surface area contributed by atoms with E-state index in [0.717, 1.165) is 56.5 Å². The van der Waals surface area contributed by atoms with Gasteiger partial charge in [-0.05, 0) is 48.5 Å². The van der Waals surface area contributed by atoms with Crippen molar-refractivity contribution in [3.8, 4) is 5.75 Å². The van der Waals surface area contributed by atoms with Crippen LogP contribution in [0.25, 0.3) is 0 Å². The lowest BCUT2D eigenvalue weighted by atomic mass is 10.2. The first-order valence-electron chi connectivity index (χ1n) is 8.84. The maximum Gasteiger partial charge on any atom is 0.255 e. The number of carbonyl (C=O) groups excluding carboxylic acids is 1. The number of amides is 1. The fourth-order valence-electron chi connectivity index (χ4n) is 2.80. The zero-order valence-corrected chi connectivity index (χ0v) is 15.0. The van der Waals surface area contributed by atoms with Crippen molar-refractivity contribution in [2.75, 3.05) is 57.1 Å². The molecule has 0 spiro atoms. The summed E-state index contributed by atoms with van der Waals surface area (Å²) >= 11 is 0. The number of morpholine rings is 1. The zero-order valence-electron chi connectivity index (χ0n) is 15.0. The van der Waals surface area contributed by atoms with E-state index in [1.807, 2.05) is 24.3 Å². The van der Waals surface area contributed by atoms with Crippen molar-refractivity contribution < 1.29 is 14.3 Å². The molecule has 3 rings (SSSR count). The van der Waals surface area contributed by atoms with Crippen molar-refractivity contribution in [3.05, 3.63) is 54.1 Å². The molecule has 1 saturated heterocycles. The quantitative estimate of drug-likeness (QED) is 0.800. The summed E-state index contributed by atoms with van der Waals surface area (Å²) in [7, 11) is 1.60. The summed E-state index contributed by atoms with van der Waals surface area (Å²) in [5, 5.41) is 6.31. The molecule has 26 heavy (non-hydrogen) atoms. The highest BCUT2D eigenvalue weighted by atomic mass is 16.5. The SMILES string of the molecule is COc1ccc(C(=O)Nc2ccc(NCCN3CCOCC3)cc2)cc1. The number of ether oxygens (including phenoxy) is 2. The van der Waals surface area contributed by atoms with Gasteiger partial charge in [0.15, 0.2) is 0 Å². The van der Waals surface area contributed by atoms with Gasteiger partial charge in [-0.1, -0.05) is 0 Å². The van der Waals surface area contributed by atoms with Gasteiger partial charge in [0.05, 0.1) is 20.3 Å². The van der Waals surface area contributed by atoms with E-state index in [1.54, 1.807) is 31.4 Å². The lowest BCUT2D eigenvalue weighted by molar-refractivity contribution is 0.0398. The Bertz CT molecular complexity index is 695. The zero-order chi connectivity index (χ0) is 18.2. The number of rotatable bonds is 7. The number of methoxy groups -OCH3 is 1. The molecule has 0 atom stereocenters. The van der Waals surface area contributed by atoms with E-state index in [-0.39, 0.29) is 5.91 Å². The van der Waals surface area contributed by atoms with E-state index in [2.05, 4.69) is 15.5 Å². The van der Waals surface area contributed by atoms with E-state index >= 15 is 0 Å². The Kier molecular flexibility index (Phi) is 6.46. The summed E-state index contributed by atoms with van der Waals surface area (Å²) in [6.45, 7) is 5.53. The van der Waals surface area contributed by atoms with Crippen LogP contribution in [-0.4, -0.2) is 57.3 Å². The third-order valence-corrected chi connectivity index (χ3v) is 4.36. The van der Waals surface area contributed by atoms with Gasteiger partial charge in [-0.15, -0.1) is 0 Å². The maximum atomic E-state index is 12.3. The van der Waals surface area contributed by atoms with E-state index < -0.39 is 0 Å². The van der Waals surface area contributed by atoms with Gasteiger partial charge in [-0.25, -0.2) is 0 Å². The second kappa shape index (κ2) is 9.22. The Hall–Kier alpha value is -2.57. The lowest BCUT2D eigenvalue weighted by Crippen LogP contribution is -2.38. The van der Waals surface area contributed by atoms with Crippen LogP contribution in [-0.2, 0) is 4.74 Å². The summed E-state index contributed by atoms with van der Waals surface area (Å²) in [4.78, 5) is 14.7. The molecule has 0 saturated carbocycles. The van der Waals surface area contributed by atoms with Gasteiger partial charge < -0.3 is 20.1 Å². The molecule has 0 aliphatic carbocycles. The number of nitrogens with zero attached hydrogens (tertiary/aromatic N) is 1. The molecule has 1 heterocycles. The Balaban J connectivity index is 1.46. The number of nitrogens with one attached hydrogen (secondary N) is 2. The van der Waals surface area contributed by atoms with Crippen LogP contribution in [0.1, 0.15) is 10.4 Å². The van der Waals surface area contributed by atoms with Crippen molar-refractivity contribution >= 4 is 17.3 Å². The minimum absolute atomic E-state index is 0.138. The fraction of sp³-hybridized carbons (Fsp3) is 0.350. The summed E-state index contributed by atoms with van der Waals surface area (Å²) < 4.78 is 10.5. The molecule has 1 amide bonds. The van der Waals surface area contributed by atoms with Crippen LogP contribution in [0.4, 0.5) is 11.4 Å². The standard InChI is InChI=1S/C20H25N3O3/c1-25-19-8-2-16(3-9-19)20(24)22-18-6-4-17(5-7-18)21-10-11-23-12-14-26-15-13-23/h2-9,21H,10-15H2,1H3,(H,22,24). The molecule has 2 aromatic carbocycles. The van der Waals surface area contributed by atoms with Crippen LogP contribution in [0.3, 0.4) is 0 Å². The second-order valence-electron chi connectivity index (χ2n) is 6.14. The molecule has 0 radical (unpaired) electrons. The highest BCUT2D eigenvalue weighted by molar-refractivity contribution is 6.04. The molecule has 0 bridgehead atoms. The Labute approximate surface area is 154 Å². The number of hydrogen-bond donors (Lipinski definition) is 2. The van der Waals surface area contributed by atoms with Crippen molar-refractivity contribution in [2.24, 2.45) is 0 Å². The predicted octanol–water partition coefficient (Wildman–Crippen LogP) is 2.69. The molecule has 2 N–H and O–H groups in total. The first kappa shape index (κ1) is 18.2. The number of anilines is 2. The van der Waals surface area contributed by atoms with E-state index in [4.69, 9.17) is 9.47 Å². The molecule has 1 fully saturated rings. The summed E-state index contributed by atoms with van der Waals surface area (Å²) in [6.07, 6.45) is 0. The summed E-state index contributed by atoms with van der Waals surface area (Å²) in [6, 6.07) is 14.8. The fourth-order valence-corrected chi connectivity index (χ4v) is 2.80. The summed E-state index contributed by atoms with van der Waals surface area (Å²) in [5.41, 5.74) is 2.41. The molecule has 1 aliphatic heterocycles. The first-order chi connectivity index (χ1) is 12.7. The van der Waals surface area contributed by atoms with Crippen LogP contribution in [0.2, 0.25) is 0 Å². The smallest absolute Gasteiger partial charge is 0.255 e. The Morgan fingerprint density at radius 3 is 2.35 bits per heavy atom. The van der Waals surface area contributed by atoms with Gasteiger partial charge in [-0.2, -0.15) is 0 Å². The van der Waals surface area contributed by atoms with Crippen LogP contribution in [0.15, 0.2) is 48.5 Å². The molecular weight excluding hydrogens is 330 g/mol. The highest BCUT2D eigenvalue weighted by Crippen LogP contribution is 2.16. The van der Waals surface area contributed by atoms with Gasteiger partial charge in [0.25, 0.3) is 5.91 Å². The minimum Gasteiger partial charge on any atom is -0.497 e. The van der Waals surface area contributed by atoms with Crippen molar-refractivity contribution in [3.63, 3.8) is 0 Å². The maximum absolute atomic E-state index is 12.3. The van der Waals surface area contributed by atoms with Gasteiger partial charge in [0.2, 0.25) is 0 Å². The minimum atomic E-state index is -0.138. The third-order valence-electron chi connectivity index (χ3n) is 4.36. The van der Waals surface area contributed by atoms with Crippen molar-refractivity contribution in [1.29, 1.82) is 0 Å². The molecule has 0 unspecified atom stereocenters.